The summed E-state index contributed by atoms with van der Waals surface area (Å²) >= 11 is 0. The molecule has 2 aliphatic heterocycles. The van der Waals surface area contributed by atoms with Gasteiger partial charge in [0, 0.05) is 32.3 Å². The van der Waals surface area contributed by atoms with Gasteiger partial charge in [0.25, 0.3) is 5.91 Å². The fourth-order valence-corrected chi connectivity index (χ4v) is 5.11. The Balaban J connectivity index is 1.41. The number of anilines is 1. The standard InChI is InChI=1S/C25H35N3O6/c1-28-20-9-8-18(14-23(29)26-11-12-32-2)34-22(20)15-33-21-10-7-17(13-19(21)25(28)31)27-24(30)16-5-3-4-6-16/h7,10,13,16,18,20,22H,3-6,8-9,11-12,14-15H2,1-2H3,(H,26,29)(H,27,30)/t18-,20-,22+/m0/s1. The Morgan fingerprint density at radius 3 is 2.74 bits per heavy atom. The average molecular weight is 474 g/mol. The molecule has 0 bridgehead atoms. The maximum atomic E-state index is 13.3. The molecule has 1 aliphatic carbocycles. The van der Waals surface area contributed by atoms with Crippen LogP contribution in [-0.2, 0) is 19.1 Å². The second-order valence-electron chi connectivity index (χ2n) is 9.40. The van der Waals surface area contributed by atoms with Gasteiger partial charge in [-0.25, -0.2) is 0 Å². The Kier molecular flexibility index (Phi) is 8.05. The summed E-state index contributed by atoms with van der Waals surface area (Å²) in [4.78, 5) is 39.8. The fraction of sp³-hybridized carbons (Fsp3) is 0.640. The lowest BCUT2D eigenvalue weighted by Crippen LogP contribution is -2.54. The van der Waals surface area contributed by atoms with Crippen molar-refractivity contribution in [3.8, 4) is 5.75 Å². The van der Waals surface area contributed by atoms with Crippen molar-refractivity contribution in [2.75, 3.05) is 39.2 Å². The number of nitrogens with one attached hydrogen (secondary N) is 2. The summed E-state index contributed by atoms with van der Waals surface area (Å²) in [7, 11) is 3.37. The summed E-state index contributed by atoms with van der Waals surface area (Å²) in [6.45, 7) is 1.22. The van der Waals surface area contributed by atoms with Gasteiger partial charge in [-0.2, -0.15) is 0 Å². The van der Waals surface area contributed by atoms with E-state index in [9.17, 15) is 14.4 Å². The van der Waals surface area contributed by atoms with Crippen molar-refractivity contribution in [3.05, 3.63) is 23.8 Å². The van der Waals surface area contributed by atoms with Crippen LogP contribution >= 0.6 is 0 Å². The first-order valence-electron chi connectivity index (χ1n) is 12.2. The van der Waals surface area contributed by atoms with Crippen LogP contribution in [0, 0.1) is 5.92 Å². The quantitative estimate of drug-likeness (QED) is 0.589. The molecule has 1 saturated heterocycles. The van der Waals surface area contributed by atoms with Gasteiger partial charge < -0.3 is 29.7 Å². The minimum Gasteiger partial charge on any atom is -0.490 e. The molecule has 2 fully saturated rings. The smallest absolute Gasteiger partial charge is 0.257 e. The summed E-state index contributed by atoms with van der Waals surface area (Å²) < 4.78 is 17.2. The molecule has 0 aromatic heterocycles. The molecule has 0 spiro atoms. The number of nitrogens with zero attached hydrogens (tertiary/aromatic N) is 1. The van der Waals surface area contributed by atoms with Crippen LogP contribution < -0.4 is 15.4 Å². The number of amides is 3. The highest BCUT2D eigenvalue weighted by atomic mass is 16.5. The number of benzene rings is 1. The molecule has 3 aliphatic rings. The number of likely N-dealkylation sites (N-methyl/N-ethyl adjacent to an activating group) is 1. The SMILES string of the molecule is COCCNC(=O)C[C@@H]1CC[C@H]2[C@@H](COc3ccc(NC(=O)C4CCCC4)cc3C(=O)N2C)O1. The Labute approximate surface area is 200 Å². The van der Waals surface area contributed by atoms with Crippen LogP contribution in [0.15, 0.2) is 18.2 Å². The van der Waals surface area contributed by atoms with E-state index in [0.717, 1.165) is 32.1 Å². The van der Waals surface area contributed by atoms with E-state index < -0.39 is 0 Å². The predicted molar refractivity (Wildman–Crippen MR) is 126 cm³/mol. The zero-order valence-corrected chi connectivity index (χ0v) is 20.0. The highest BCUT2D eigenvalue weighted by Crippen LogP contribution is 2.33. The number of carbonyl (C=O) groups is 3. The third kappa shape index (κ3) is 5.70. The molecule has 9 nitrogen and oxygen atoms in total. The van der Waals surface area contributed by atoms with E-state index in [1.165, 1.54) is 0 Å². The number of hydrogen-bond donors (Lipinski definition) is 2. The Hall–Kier alpha value is -2.65. The van der Waals surface area contributed by atoms with Crippen LogP contribution in [0.2, 0.25) is 0 Å². The first-order chi connectivity index (χ1) is 16.5. The maximum absolute atomic E-state index is 13.3. The summed E-state index contributed by atoms with van der Waals surface area (Å²) in [5, 5.41) is 5.79. The second-order valence-corrected chi connectivity index (χ2v) is 9.40. The van der Waals surface area contributed by atoms with Gasteiger partial charge in [0.05, 0.1) is 30.7 Å². The lowest BCUT2D eigenvalue weighted by Gasteiger charge is -2.42. The molecule has 9 heteroatoms. The van der Waals surface area contributed by atoms with Gasteiger partial charge in [-0.05, 0) is 43.9 Å². The number of methoxy groups -OCH3 is 1. The number of carbonyl (C=O) groups excluding carboxylic acids is 3. The largest absolute Gasteiger partial charge is 0.490 e. The summed E-state index contributed by atoms with van der Waals surface area (Å²) in [6.07, 6.45) is 5.14. The van der Waals surface area contributed by atoms with E-state index >= 15 is 0 Å². The number of rotatable bonds is 7. The number of ether oxygens (including phenoxy) is 3. The van der Waals surface area contributed by atoms with Gasteiger partial charge in [0.1, 0.15) is 18.5 Å². The molecule has 4 rings (SSSR count). The van der Waals surface area contributed by atoms with Crippen molar-refractivity contribution in [2.24, 2.45) is 5.92 Å². The van der Waals surface area contributed by atoms with Crippen molar-refractivity contribution in [1.82, 2.24) is 10.2 Å². The third-order valence-corrected chi connectivity index (χ3v) is 7.05. The Bertz CT molecular complexity index is 901. The van der Waals surface area contributed by atoms with Crippen LogP contribution in [0.3, 0.4) is 0 Å². The zero-order valence-electron chi connectivity index (χ0n) is 20.0. The van der Waals surface area contributed by atoms with Gasteiger partial charge in [-0.3, -0.25) is 14.4 Å². The molecule has 34 heavy (non-hydrogen) atoms. The van der Waals surface area contributed by atoms with Crippen molar-refractivity contribution in [1.29, 1.82) is 0 Å². The molecule has 1 aromatic rings. The average Bonchev–Trinajstić information content (AvgIpc) is 3.37. The van der Waals surface area contributed by atoms with Gasteiger partial charge >= 0.3 is 0 Å². The monoisotopic (exact) mass is 473 g/mol. The van der Waals surface area contributed by atoms with Crippen LogP contribution in [0.25, 0.3) is 0 Å². The minimum absolute atomic E-state index is 0.0167. The maximum Gasteiger partial charge on any atom is 0.257 e. The summed E-state index contributed by atoms with van der Waals surface area (Å²) in [6, 6.07) is 5.06. The summed E-state index contributed by atoms with van der Waals surface area (Å²) in [5.41, 5.74) is 1.04. The number of hydrogen-bond acceptors (Lipinski definition) is 6. The van der Waals surface area contributed by atoms with Crippen molar-refractivity contribution < 1.29 is 28.6 Å². The highest BCUT2D eigenvalue weighted by Gasteiger charge is 2.39. The van der Waals surface area contributed by atoms with E-state index in [4.69, 9.17) is 14.2 Å². The van der Waals surface area contributed by atoms with Gasteiger partial charge in [-0.1, -0.05) is 12.8 Å². The van der Waals surface area contributed by atoms with E-state index in [-0.39, 0.29) is 54.9 Å². The minimum atomic E-state index is -0.325. The van der Waals surface area contributed by atoms with Gasteiger partial charge in [0.2, 0.25) is 11.8 Å². The first kappa shape index (κ1) is 24.5. The van der Waals surface area contributed by atoms with E-state index in [0.29, 0.717) is 36.6 Å². The molecular weight excluding hydrogens is 438 g/mol. The van der Waals surface area contributed by atoms with Crippen molar-refractivity contribution in [2.45, 2.75) is 63.2 Å². The second kappa shape index (κ2) is 11.2. The van der Waals surface area contributed by atoms with E-state index in [2.05, 4.69) is 10.6 Å². The van der Waals surface area contributed by atoms with E-state index in [1.807, 2.05) is 0 Å². The number of fused-ring (bicyclic) bond motifs is 2. The molecule has 3 atom stereocenters. The molecular formula is C25H35N3O6. The van der Waals surface area contributed by atoms with Crippen molar-refractivity contribution in [3.63, 3.8) is 0 Å². The lowest BCUT2D eigenvalue weighted by molar-refractivity contribution is -0.134. The Morgan fingerprint density at radius 1 is 1.18 bits per heavy atom. The topological polar surface area (TPSA) is 106 Å². The molecule has 0 unspecified atom stereocenters. The lowest BCUT2D eigenvalue weighted by atomic mass is 9.94. The van der Waals surface area contributed by atoms with Crippen LogP contribution in [0.5, 0.6) is 5.75 Å². The third-order valence-electron chi connectivity index (χ3n) is 7.05. The van der Waals surface area contributed by atoms with Gasteiger partial charge in [-0.15, -0.1) is 0 Å². The van der Waals surface area contributed by atoms with Crippen LogP contribution in [0.4, 0.5) is 5.69 Å². The molecule has 3 amide bonds. The molecule has 0 radical (unpaired) electrons. The van der Waals surface area contributed by atoms with Crippen molar-refractivity contribution >= 4 is 23.4 Å². The molecule has 1 aromatic carbocycles. The fourth-order valence-electron chi connectivity index (χ4n) is 5.11. The van der Waals surface area contributed by atoms with E-state index in [1.54, 1.807) is 37.3 Å². The Morgan fingerprint density at radius 2 is 1.97 bits per heavy atom. The molecule has 2 N–H and O–H groups in total. The predicted octanol–water partition coefficient (Wildman–Crippen LogP) is 2.35. The first-order valence-corrected chi connectivity index (χ1v) is 12.2. The normalized spacial score (nSPS) is 24.9. The molecule has 186 valence electrons. The van der Waals surface area contributed by atoms with Gasteiger partial charge in [0.15, 0.2) is 0 Å². The zero-order chi connectivity index (χ0) is 24.1. The molecule has 1 saturated carbocycles. The molecule has 2 heterocycles. The van der Waals surface area contributed by atoms with Crippen LogP contribution in [-0.4, -0.2) is 74.8 Å². The highest BCUT2D eigenvalue weighted by molar-refractivity contribution is 6.00. The summed E-state index contributed by atoms with van der Waals surface area (Å²) in [5.74, 6) is 0.294. The van der Waals surface area contributed by atoms with Crippen LogP contribution in [0.1, 0.15) is 55.3 Å².